The van der Waals surface area contributed by atoms with Crippen LogP contribution in [0, 0.1) is 13.8 Å². The van der Waals surface area contributed by atoms with Gasteiger partial charge in [0.1, 0.15) is 5.82 Å². The monoisotopic (exact) mass is 366 g/mol. The Morgan fingerprint density at radius 2 is 1.96 bits per heavy atom. The first-order valence-corrected chi connectivity index (χ1v) is 8.73. The Bertz CT molecular complexity index is 1010. The van der Waals surface area contributed by atoms with E-state index in [9.17, 15) is 9.59 Å². The second-order valence-electron chi connectivity index (χ2n) is 6.70. The fourth-order valence-corrected chi connectivity index (χ4v) is 2.81. The lowest BCUT2D eigenvalue weighted by Gasteiger charge is -2.12. The number of aryl methyl sites for hydroxylation is 2. The maximum Gasteiger partial charge on any atom is 0.340 e. The molecule has 0 bridgehead atoms. The fourth-order valence-electron chi connectivity index (χ4n) is 2.81. The van der Waals surface area contributed by atoms with Gasteiger partial charge in [-0.25, -0.2) is 9.48 Å². The quantitative estimate of drug-likeness (QED) is 0.699. The van der Waals surface area contributed by atoms with Gasteiger partial charge in [0.2, 0.25) is 0 Å². The van der Waals surface area contributed by atoms with E-state index in [0.29, 0.717) is 17.1 Å². The largest absolute Gasteiger partial charge is 0.452 e. The number of esters is 1. The number of nitrogens with zero attached hydrogens (tertiary/aromatic N) is 3. The molecule has 3 aromatic rings. The summed E-state index contributed by atoms with van der Waals surface area (Å²) in [4.78, 5) is 29.0. The Morgan fingerprint density at radius 1 is 1.19 bits per heavy atom. The van der Waals surface area contributed by atoms with E-state index in [1.54, 1.807) is 29.9 Å². The van der Waals surface area contributed by atoms with Crippen LogP contribution in [0.15, 0.2) is 36.5 Å². The van der Waals surface area contributed by atoms with E-state index in [4.69, 9.17) is 4.74 Å². The molecule has 2 aromatic heterocycles. The molecule has 1 N–H and O–H groups in total. The number of pyridine rings is 1. The zero-order valence-corrected chi connectivity index (χ0v) is 15.8. The minimum atomic E-state index is -0.573. The van der Waals surface area contributed by atoms with Crippen molar-refractivity contribution in [2.75, 3.05) is 11.9 Å². The topological polar surface area (TPSA) is 86.1 Å². The van der Waals surface area contributed by atoms with E-state index in [2.05, 4.69) is 15.4 Å². The van der Waals surface area contributed by atoms with Crippen LogP contribution in [0.2, 0.25) is 0 Å². The van der Waals surface area contributed by atoms with Crippen LogP contribution in [-0.2, 0) is 9.53 Å². The van der Waals surface area contributed by atoms with Crippen LogP contribution in [0.3, 0.4) is 0 Å². The lowest BCUT2D eigenvalue weighted by atomic mass is 10.1. The van der Waals surface area contributed by atoms with Crippen molar-refractivity contribution in [2.24, 2.45) is 0 Å². The van der Waals surface area contributed by atoms with Crippen molar-refractivity contribution < 1.29 is 14.3 Å². The summed E-state index contributed by atoms with van der Waals surface area (Å²) in [5.74, 6) is -0.436. The molecule has 0 saturated heterocycles. The van der Waals surface area contributed by atoms with E-state index >= 15 is 0 Å². The molecule has 0 aliphatic rings. The number of hydrogen-bond donors (Lipinski definition) is 1. The summed E-state index contributed by atoms with van der Waals surface area (Å²) < 4.78 is 6.86. The minimum Gasteiger partial charge on any atom is -0.452 e. The smallest absolute Gasteiger partial charge is 0.340 e. The van der Waals surface area contributed by atoms with Gasteiger partial charge in [0, 0.05) is 17.5 Å². The third-order valence-corrected chi connectivity index (χ3v) is 4.14. The summed E-state index contributed by atoms with van der Waals surface area (Å²) in [6, 6.07) is 9.39. The number of benzene rings is 1. The molecule has 0 unspecified atom stereocenters. The number of carbonyl (C=O) groups is 2. The molecular formula is C20H22N4O3. The molecule has 3 rings (SSSR count). The van der Waals surface area contributed by atoms with Crippen molar-refractivity contribution in [1.82, 2.24) is 14.8 Å². The van der Waals surface area contributed by atoms with Gasteiger partial charge in [-0.1, -0.05) is 11.6 Å². The molecule has 0 aliphatic heterocycles. The van der Waals surface area contributed by atoms with Crippen molar-refractivity contribution in [1.29, 1.82) is 0 Å². The molecule has 7 nitrogen and oxygen atoms in total. The van der Waals surface area contributed by atoms with Crippen LogP contribution >= 0.6 is 0 Å². The Labute approximate surface area is 157 Å². The summed E-state index contributed by atoms with van der Waals surface area (Å²) in [5, 5.41) is 7.70. The molecular weight excluding hydrogens is 344 g/mol. The average molecular weight is 366 g/mol. The van der Waals surface area contributed by atoms with Crippen molar-refractivity contribution in [3.05, 3.63) is 53.3 Å². The maximum atomic E-state index is 12.4. The number of rotatable bonds is 5. The number of fused-ring (bicyclic) bond motifs is 1. The third kappa shape index (κ3) is 4.13. The Kier molecular flexibility index (Phi) is 5.21. The predicted octanol–water partition coefficient (Wildman–Crippen LogP) is 3.42. The van der Waals surface area contributed by atoms with E-state index in [1.807, 2.05) is 39.0 Å². The second-order valence-corrected chi connectivity index (χ2v) is 6.70. The molecule has 27 heavy (non-hydrogen) atoms. The molecule has 0 spiro atoms. The number of nitrogens with one attached hydrogen (secondary N) is 1. The van der Waals surface area contributed by atoms with Crippen LogP contribution in [0.4, 0.5) is 5.82 Å². The summed E-state index contributed by atoms with van der Waals surface area (Å²) >= 11 is 0. The number of amides is 1. The summed E-state index contributed by atoms with van der Waals surface area (Å²) in [5.41, 5.74) is 2.81. The normalized spacial score (nSPS) is 11.0. The van der Waals surface area contributed by atoms with Gasteiger partial charge in [-0.2, -0.15) is 5.10 Å². The predicted molar refractivity (Wildman–Crippen MR) is 103 cm³/mol. The van der Waals surface area contributed by atoms with Crippen molar-refractivity contribution >= 4 is 28.6 Å². The summed E-state index contributed by atoms with van der Waals surface area (Å²) in [6.07, 6.45) is 1.60. The van der Waals surface area contributed by atoms with Crippen LogP contribution in [0.25, 0.3) is 10.9 Å². The highest BCUT2D eigenvalue weighted by atomic mass is 16.5. The third-order valence-electron chi connectivity index (χ3n) is 4.14. The molecule has 1 aromatic carbocycles. The van der Waals surface area contributed by atoms with Gasteiger partial charge in [-0.3, -0.25) is 9.78 Å². The van der Waals surface area contributed by atoms with E-state index in [0.717, 1.165) is 16.5 Å². The van der Waals surface area contributed by atoms with Gasteiger partial charge < -0.3 is 10.1 Å². The number of ether oxygens (including phenoxy) is 1. The Morgan fingerprint density at radius 3 is 2.70 bits per heavy atom. The van der Waals surface area contributed by atoms with Crippen LogP contribution in [0.5, 0.6) is 0 Å². The molecule has 0 radical (unpaired) electrons. The van der Waals surface area contributed by atoms with E-state index < -0.39 is 11.9 Å². The molecule has 0 atom stereocenters. The molecule has 0 saturated carbocycles. The standard InChI is InChI=1S/C20H22N4O3/c1-12(2)24-18(7-8-21-24)23-19(25)11-27-20(26)16-10-15-9-13(3)5-6-17(15)22-14(16)4/h5-10,12H,11H2,1-4H3,(H,23,25). The molecule has 2 heterocycles. The highest BCUT2D eigenvalue weighted by Gasteiger charge is 2.16. The SMILES string of the molecule is Cc1ccc2nc(C)c(C(=O)OCC(=O)Nc3ccnn3C(C)C)cc2c1. The number of aromatic nitrogens is 3. The Balaban J connectivity index is 1.68. The molecule has 0 fully saturated rings. The first-order valence-electron chi connectivity index (χ1n) is 8.73. The van der Waals surface area contributed by atoms with Crippen molar-refractivity contribution in [2.45, 2.75) is 33.7 Å². The van der Waals surface area contributed by atoms with Crippen LogP contribution < -0.4 is 5.32 Å². The zero-order valence-electron chi connectivity index (χ0n) is 15.8. The van der Waals surface area contributed by atoms with Gasteiger partial charge in [0.15, 0.2) is 6.61 Å². The summed E-state index contributed by atoms with van der Waals surface area (Å²) in [6.45, 7) is 7.26. The van der Waals surface area contributed by atoms with Gasteiger partial charge in [0.25, 0.3) is 5.91 Å². The molecule has 140 valence electrons. The lowest BCUT2D eigenvalue weighted by molar-refractivity contribution is -0.119. The van der Waals surface area contributed by atoms with Gasteiger partial charge in [0.05, 0.1) is 23.0 Å². The average Bonchev–Trinajstić information content (AvgIpc) is 3.07. The zero-order chi connectivity index (χ0) is 19.6. The number of hydrogen-bond acceptors (Lipinski definition) is 5. The van der Waals surface area contributed by atoms with Crippen molar-refractivity contribution in [3.63, 3.8) is 0 Å². The fraction of sp³-hybridized carbons (Fsp3) is 0.300. The van der Waals surface area contributed by atoms with Crippen LogP contribution in [0.1, 0.15) is 41.5 Å². The van der Waals surface area contributed by atoms with Crippen molar-refractivity contribution in [3.8, 4) is 0 Å². The van der Waals surface area contributed by atoms with E-state index in [1.165, 1.54) is 0 Å². The molecule has 0 aliphatic carbocycles. The number of carbonyl (C=O) groups excluding carboxylic acids is 2. The molecule has 1 amide bonds. The van der Waals surface area contributed by atoms with Gasteiger partial charge in [-0.05, 0) is 45.9 Å². The first kappa shape index (κ1) is 18.6. The van der Waals surface area contributed by atoms with Crippen LogP contribution in [-0.4, -0.2) is 33.2 Å². The highest BCUT2D eigenvalue weighted by molar-refractivity contribution is 5.97. The second kappa shape index (κ2) is 7.57. The number of anilines is 1. The first-order chi connectivity index (χ1) is 12.8. The highest BCUT2D eigenvalue weighted by Crippen LogP contribution is 2.19. The van der Waals surface area contributed by atoms with Gasteiger partial charge >= 0.3 is 5.97 Å². The Hall–Kier alpha value is -3.22. The molecule has 7 heteroatoms. The van der Waals surface area contributed by atoms with Gasteiger partial charge in [-0.15, -0.1) is 0 Å². The maximum absolute atomic E-state index is 12.4. The van der Waals surface area contributed by atoms with E-state index in [-0.39, 0.29) is 12.6 Å². The minimum absolute atomic E-state index is 0.104. The summed E-state index contributed by atoms with van der Waals surface area (Å²) in [7, 11) is 0. The lowest BCUT2D eigenvalue weighted by Crippen LogP contribution is -2.23.